The van der Waals surface area contributed by atoms with Crippen LogP contribution in [-0.2, 0) is 14.3 Å². The quantitative estimate of drug-likeness (QED) is 0.0261. The molecule has 390 valence electrons. The number of hydrogen-bond acceptors (Lipinski definition) is 8. The van der Waals surface area contributed by atoms with Gasteiger partial charge in [-0.1, -0.05) is 242 Å². The Labute approximate surface area is 411 Å². The van der Waals surface area contributed by atoms with E-state index in [1.807, 2.05) is 6.08 Å². The number of ether oxygens (including phenoxy) is 2. The highest BCUT2D eigenvalue weighted by molar-refractivity contribution is 5.76. The van der Waals surface area contributed by atoms with Gasteiger partial charge in [-0.2, -0.15) is 0 Å². The Bertz CT molecular complexity index is 1230. The van der Waals surface area contributed by atoms with Crippen molar-refractivity contribution in [3.05, 3.63) is 60.8 Å². The lowest BCUT2D eigenvalue weighted by Gasteiger charge is -2.40. The number of unbranched alkanes of at least 4 members (excludes halogenated alkanes) is 29. The van der Waals surface area contributed by atoms with Crippen molar-refractivity contribution >= 4 is 5.91 Å². The van der Waals surface area contributed by atoms with Gasteiger partial charge in [0.2, 0.25) is 5.91 Å². The third-order valence-corrected chi connectivity index (χ3v) is 13.1. The zero-order chi connectivity index (χ0) is 48.7. The molecule has 1 amide bonds. The van der Waals surface area contributed by atoms with Gasteiger partial charge in [-0.25, -0.2) is 0 Å². The van der Waals surface area contributed by atoms with Gasteiger partial charge >= 0.3 is 0 Å². The molecule has 6 N–H and O–H groups in total. The maximum atomic E-state index is 13.0. The van der Waals surface area contributed by atoms with Gasteiger partial charge in [0, 0.05) is 6.42 Å². The zero-order valence-electron chi connectivity index (χ0n) is 43.1. The summed E-state index contributed by atoms with van der Waals surface area (Å²) in [4.78, 5) is 13.0. The monoisotopic (exact) mass is 944 g/mol. The molecule has 0 saturated carbocycles. The fraction of sp³-hybridized carbons (Fsp3) is 0.810. The van der Waals surface area contributed by atoms with Crippen LogP contribution in [0.4, 0.5) is 0 Å². The molecule has 9 nitrogen and oxygen atoms in total. The Balaban J connectivity index is 2.24. The van der Waals surface area contributed by atoms with E-state index in [1.54, 1.807) is 6.08 Å². The molecule has 0 aromatic heterocycles. The summed E-state index contributed by atoms with van der Waals surface area (Å²) in [7, 11) is 0. The lowest BCUT2D eigenvalue weighted by atomic mass is 9.99. The Morgan fingerprint density at radius 1 is 0.522 bits per heavy atom. The summed E-state index contributed by atoms with van der Waals surface area (Å²) in [5, 5.41) is 54.5. The average Bonchev–Trinajstić information content (AvgIpc) is 3.33. The number of aliphatic hydroxyl groups is 5. The van der Waals surface area contributed by atoms with Crippen LogP contribution in [0.5, 0.6) is 0 Å². The Hall–Kier alpha value is -2.11. The second-order valence-corrected chi connectivity index (χ2v) is 19.4. The molecule has 1 fully saturated rings. The smallest absolute Gasteiger partial charge is 0.220 e. The Morgan fingerprint density at radius 2 is 0.925 bits per heavy atom. The van der Waals surface area contributed by atoms with Crippen LogP contribution >= 0.6 is 0 Å². The minimum atomic E-state index is -1.57. The molecule has 0 aromatic rings. The molecule has 9 heteroatoms. The second kappa shape index (κ2) is 47.6. The molecule has 0 aromatic carbocycles. The molecular weight excluding hydrogens is 839 g/mol. The topological polar surface area (TPSA) is 149 Å². The van der Waals surface area contributed by atoms with Crippen LogP contribution in [0.3, 0.4) is 0 Å². The Kier molecular flexibility index (Phi) is 44.7. The first-order valence-electron chi connectivity index (χ1n) is 28.0. The number of hydrogen-bond donors (Lipinski definition) is 6. The van der Waals surface area contributed by atoms with Crippen LogP contribution in [0.2, 0.25) is 0 Å². The number of carbonyl (C=O) groups excluding carboxylic acids is 1. The van der Waals surface area contributed by atoms with E-state index in [4.69, 9.17) is 9.47 Å². The SMILES string of the molecule is CC/C=C\C/C=C\C/C=C\C/C=C\CCCCCCCCCCCCCCC(=O)NC(COC1OC(CO)C(O)C(O)C1O)C(O)/C=C/CCCCCCCCCCCCCCCCCCC. The summed E-state index contributed by atoms with van der Waals surface area (Å²) < 4.78 is 11.3. The number of rotatable bonds is 47. The lowest BCUT2D eigenvalue weighted by molar-refractivity contribution is -0.302. The van der Waals surface area contributed by atoms with Crippen molar-refractivity contribution in [1.29, 1.82) is 0 Å². The first-order chi connectivity index (χ1) is 32.8. The van der Waals surface area contributed by atoms with Crippen LogP contribution < -0.4 is 5.32 Å². The predicted molar refractivity (Wildman–Crippen MR) is 281 cm³/mol. The van der Waals surface area contributed by atoms with Gasteiger partial charge in [0.25, 0.3) is 0 Å². The van der Waals surface area contributed by atoms with Gasteiger partial charge < -0.3 is 40.3 Å². The molecular formula is C58H105NO8. The van der Waals surface area contributed by atoms with Gasteiger partial charge in [0.15, 0.2) is 6.29 Å². The minimum absolute atomic E-state index is 0.179. The highest BCUT2D eigenvalue weighted by Gasteiger charge is 2.44. The van der Waals surface area contributed by atoms with Gasteiger partial charge in [-0.3, -0.25) is 4.79 Å². The van der Waals surface area contributed by atoms with Crippen molar-refractivity contribution in [3.63, 3.8) is 0 Å². The van der Waals surface area contributed by atoms with E-state index in [1.165, 1.54) is 161 Å². The number of nitrogens with one attached hydrogen (secondary N) is 1. The number of allylic oxidation sites excluding steroid dienone is 9. The molecule has 1 aliphatic rings. The third kappa shape index (κ3) is 37.4. The van der Waals surface area contributed by atoms with Crippen LogP contribution in [0.15, 0.2) is 60.8 Å². The van der Waals surface area contributed by atoms with E-state index in [2.05, 4.69) is 67.8 Å². The largest absolute Gasteiger partial charge is 0.394 e. The fourth-order valence-electron chi connectivity index (χ4n) is 8.68. The summed E-state index contributed by atoms with van der Waals surface area (Å²) in [5.74, 6) is -0.179. The van der Waals surface area contributed by atoms with E-state index in [9.17, 15) is 30.3 Å². The second-order valence-electron chi connectivity index (χ2n) is 19.4. The molecule has 67 heavy (non-hydrogen) atoms. The summed E-state index contributed by atoms with van der Waals surface area (Å²) in [5.41, 5.74) is 0. The minimum Gasteiger partial charge on any atom is -0.394 e. The van der Waals surface area contributed by atoms with Crippen LogP contribution in [-0.4, -0.2) is 87.5 Å². The average molecular weight is 944 g/mol. The summed E-state index contributed by atoms with van der Waals surface area (Å²) >= 11 is 0. The molecule has 0 spiro atoms. The highest BCUT2D eigenvalue weighted by Crippen LogP contribution is 2.23. The Morgan fingerprint density at radius 3 is 1.37 bits per heavy atom. The van der Waals surface area contributed by atoms with E-state index < -0.39 is 49.5 Å². The number of aliphatic hydroxyl groups excluding tert-OH is 5. The molecule has 1 rings (SSSR count). The molecule has 7 unspecified atom stereocenters. The number of carbonyl (C=O) groups is 1. The molecule has 0 bridgehead atoms. The van der Waals surface area contributed by atoms with Crippen LogP contribution in [0, 0.1) is 0 Å². The van der Waals surface area contributed by atoms with Gasteiger partial charge in [-0.15, -0.1) is 0 Å². The maximum absolute atomic E-state index is 13.0. The van der Waals surface area contributed by atoms with E-state index >= 15 is 0 Å². The first kappa shape index (κ1) is 62.9. The molecule has 1 saturated heterocycles. The van der Waals surface area contributed by atoms with Crippen molar-refractivity contribution < 1.29 is 39.8 Å². The normalized spacial score (nSPS) is 20.1. The predicted octanol–water partition coefficient (Wildman–Crippen LogP) is 13.5. The maximum Gasteiger partial charge on any atom is 0.220 e. The first-order valence-corrected chi connectivity index (χ1v) is 28.0. The van der Waals surface area contributed by atoms with Crippen molar-refractivity contribution in [2.75, 3.05) is 13.2 Å². The summed E-state index contributed by atoms with van der Waals surface area (Å²) in [6.07, 6.45) is 57.0. The van der Waals surface area contributed by atoms with Crippen molar-refractivity contribution in [1.82, 2.24) is 5.32 Å². The molecule has 1 aliphatic heterocycles. The van der Waals surface area contributed by atoms with E-state index in [-0.39, 0.29) is 12.5 Å². The molecule has 7 atom stereocenters. The van der Waals surface area contributed by atoms with E-state index in [0.717, 1.165) is 64.2 Å². The van der Waals surface area contributed by atoms with Crippen LogP contribution in [0.25, 0.3) is 0 Å². The summed E-state index contributed by atoms with van der Waals surface area (Å²) in [6, 6.07) is -0.808. The lowest BCUT2D eigenvalue weighted by Crippen LogP contribution is -2.60. The van der Waals surface area contributed by atoms with E-state index in [0.29, 0.717) is 6.42 Å². The van der Waals surface area contributed by atoms with Gasteiger partial charge in [-0.05, 0) is 57.8 Å². The van der Waals surface area contributed by atoms with Crippen molar-refractivity contribution in [3.8, 4) is 0 Å². The van der Waals surface area contributed by atoms with Crippen LogP contribution in [0.1, 0.15) is 245 Å². The van der Waals surface area contributed by atoms with Crippen molar-refractivity contribution in [2.45, 2.75) is 288 Å². The standard InChI is InChI=1S/C58H105NO8/c1-3-5-7-9-11-13-15-17-19-21-23-24-25-26-27-28-30-32-34-36-38-40-42-44-46-48-54(62)59-51(50-66-58-57(65)56(64)55(63)53(49-60)67-58)52(61)47-45-43-41-39-37-35-33-31-29-22-20-18-16-14-12-10-8-6-4-2/h5,7,11,13,17,19,23-24,45,47,51-53,55-58,60-61,63-65H,3-4,6,8-10,12,14-16,18,20-22,25-44,46,48-50H2,1-2H3,(H,59,62)/b7-5-,13-11-,19-17-,24-23-,47-45+. The zero-order valence-corrected chi connectivity index (χ0v) is 43.1. The van der Waals surface area contributed by atoms with Gasteiger partial charge in [0.1, 0.15) is 24.4 Å². The molecule has 0 aliphatic carbocycles. The summed E-state index contributed by atoms with van der Waals surface area (Å²) in [6.45, 7) is 3.68. The highest BCUT2D eigenvalue weighted by atomic mass is 16.7. The number of amides is 1. The van der Waals surface area contributed by atoms with Crippen molar-refractivity contribution in [2.24, 2.45) is 0 Å². The third-order valence-electron chi connectivity index (χ3n) is 13.1. The molecule has 0 radical (unpaired) electrons. The fourth-order valence-corrected chi connectivity index (χ4v) is 8.68. The van der Waals surface area contributed by atoms with Gasteiger partial charge in [0.05, 0.1) is 25.4 Å². The molecule has 1 heterocycles.